The van der Waals surface area contributed by atoms with Gasteiger partial charge in [-0.1, -0.05) is 0 Å². The van der Waals surface area contributed by atoms with Crippen LogP contribution in [-0.4, -0.2) is 23.7 Å². The van der Waals surface area contributed by atoms with Crippen molar-refractivity contribution in [2.45, 2.75) is 33.9 Å². The number of guanidine groups is 1. The van der Waals surface area contributed by atoms with Gasteiger partial charge in [-0.15, -0.1) is 0 Å². The fraction of sp³-hybridized carbons (Fsp3) is 0.467. The van der Waals surface area contributed by atoms with Crippen LogP contribution in [0, 0.1) is 12.3 Å². The number of hydrogen-bond donors (Lipinski definition) is 3. The number of hydrogen-bond acceptors (Lipinski definition) is 2. The summed E-state index contributed by atoms with van der Waals surface area (Å²) in [6, 6.07) is 6.17. The van der Waals surface area contributed by atoms with E-state index in [0.717, 1.165) is 18.8 Å². The van der Waals surface area contributed by atoms with Gasteiger partial charge in [-0.25, -0.2) is 9.13 Å². The zero-order valence-corrected chi connectivity index (χ0v) is 12.9. The van der Waals surface area contributed by atoms with E-state index >= 15 is 0 Å². The Labute approximate surface area is 125 Å². The van der Waals surface area contributed by atoms with E-state index in [9.17, 15) is 0 Å². The Bertz CT molecular complexity index is 647. The smallest absolute Gasteiger partial charge is 0.254 e. The van der Waals surface area contributed by atoms with Crippen molar-refractivity contribution in [1.29, 1.82) is 5.41 Å². The van der Waals surface area contributed by atoms with Gasteiger partial charge < -0.3 is 15.8 Å². The first-order valence-corrected chi connectivity index (χ1v) is 7.31. The number of nitrogens with two attached hydrogens (primary N) is 1. The highest BCUT2D eigenvalue weighted by Crippen LogP contribution is 2.21. The molecule has 1 aromatic heterocycles. The molecule has 0 aliphatic heterocycles. The molecule has 0 spiro atoms. The molecule has 0 amide bonds. The molecule has 4 N–H and O–H groups in total. The van der Waals surface area contributed by atoms with E-state index in [2.05, 4.69) is 47.4 Å². The third kappa shape index (κ3) is 3.09. The van der Waals surface area contributed by atoms with Crippen LogP contribution in [0.15, 0.2) is 18.2 Å². The van der Waals surface area contributed by atoms with Gasteiger partial charge in [-0.2, -0.15) is 0 Å². The lowest BCUT2D eigenvalue weighted by Gasteiger charge is -2.06. The molecule has 1 heterocycles. The highest BCUT2D eigenvalue weighted by Gasteiger charge is 2.19. The van der Waals surface area contributed by atoms with Crippen LogP contribution < -0.4 is 20.4 Å². The molecule has 6 heteroatoms. The van der Waals surface area contributed by atoms with Gasteiger partial charge >= 0.3 is 0 Å². The predicted molar refractivity (Wildman–Crippen MR) is 83.6 cm³/mol. The van der Waals surface area contributed by atoms with Gasteiger partial charge in [-0.05, 0) is 26.0 Å². The molecule has 0 atom stereocenters. The molecule has 2 aromatic rings. The van der Waals surface area contributed by atoms with Crippen LogP contribution in [0.3, 0.4) is 0 Å². The topological polar surface area (TPSA) is 79.9 Å². The molecule has 0 radical (unpaired) electrons. The summed E-state index contributed by atoms with van der Waals surface area (Å²) in [5, 5.41) is 9.82. The molecule has 0 saturated carbocycles. The first-order chi connectivity index (χ1) is 10.1. The monoisotopic (exact) mass is 290 g/mol. The van der Waals surface area contributed by atoms with Gasteiger partial charge in [0.25, 0.3) is 5.82 Å². The lowest BCUT2D eigenvalue weighted by atomic mass is 10.3. The van der Waals surface area contributed by atoms with E-state index in [0.29, 0.717) is 13.2 Å². The molecule has 0 bridgehead atoms. The summed E-state index contributed by atoms with van der Waals surface area (Å²) in [5.74, 6) is 2.06. The number of aromatic nitrogens is 2. The van der Waals surface area contributed by atoms with Gasteiger partial charge in [0.15, 0.2) is 17.0 Å². The van der Waals surface area contributed by atoms with Crippen molar-refractivity contribution in [3.05, 3.63) is 24.0 Å². The SMILES string of the molecule is CCn1c(C)[n+](CC)c2ccc(OCCNC(=N)N)cc21. The van der Waals surface area contributed by atoms with E-state index < -0.39 is 0 Å². The van der Waals surface area contributed by atoms with Crippen LogP contribution in [0.25, 0.3) is 11.0 Å². The minimum Gasteiger partial charge on any atom is -0.492 e. The Kier molecular flexibility index (Phi) is 4.67. The third-order valence-electron chi connectivity index (χ3n) is 3.63. The molecule has 0 aliphatic rings. The average molecular weight is 290 g/mol. The Morgan fingerprint density at radius 3 is 2.81 bits per heavy atom. The van der Waals surface area contributed by atoms with Crippen LogP contribution in [0.5, 0.6) is 5.75 Å². The molecule has 0 saturated heterocycles. The number of ether oxygens (including phenoxy) is 1. The summed E-state index contributed by atoms with van der Waals surface area (Å²) in [6.45, 7) is 9.34. The zero-order valence-electron chi connectivity index (χ0n) is 12.9. The summed E-state index contributed by atoms with van der Waals surface area (Å²) in [5.41, 5.74) is 7.65. The third-order valence-corrected chi connectivity index (χ3v) is 3.63. The second-order valence-electron chi connectivity index (χ2n) is 4.88. The molecule has 114 valence electrons. The summed E-state index contributed by atoms with van der Waals surface area (Å²) in [7, 11) is 0. The predicted octanol–water partition coefficient (Wildman–Crippen LogP) is 1.14. The minimum absolute atomic E-state index is 0.0338. The first kappa shape index (κ1) is 15.2. The van der Waals surface area contributed by atoms with Crippen LogP contribution in [-0.2, 0) is 13.1 Å². The standard InChI is InChI=1S/C15H24N5O/c1-4-19-11(3)20(5-2)14-10-12(6-7-13(14)19)21-9-8-18-15(16)17/h6-7,10H,4-5,8-9H2,1-3H3,(H4,16,17,18)/q+1. The number of rotatable bonds is 6. The van der Waals surface area contributed by atoms with Crippen molar-refractivity contribution in [2.75, 3.05) is 13.2 Å². The summed E-state index contributed by atoms with van der Waals surface area (Å²) >= 11 is 0. The Hall–Kier alpha value is -2.24. The number of aryl methyl sites for hydroxylation is 2. The number of benzene rings is 1. The summed E-state index contributed by atoms with van der Waals surface area (Å²) in [6.07, 6.45) is 0. The van der Waals surface area contributed by atoms with Crippen LogP contribution >= 0.6 is 0 Å². The minimum atomic E-state index is -0.0338. The quantitative estimate of drug-likeness (QED) is 0.323. The van der Waals surface area contributed by atoms with Gasteiger partial charge in [0.1, 0.15) is 12.4 Å². The van der Waals surface area contributed by atoms with E-state index in [1.807, 2.05) is 6.07 Å². The van der Waals surface area contributed by atoms with Crippen molar-refractivity contribution in [1.82, 2.24) is 9.88 Å². The molecular formula is C15H24N5O+. The molecule has 0 unspecified atom stereocenters. The molecule has 0 aliphatic carbocycles. The average Bonchev–Trinajstić information content (AvgIpc) is 2.73. The van der Waals surface area contributed by atoms with E-state index in [1.165, 1.54) is 16.9 Å². The maximum absolute atomic E-state index is 7.09. The number of nitrogens with one attached hydrogen (secondary N) is 2. The Morgan fingerprint density at radius 2 is 2.19 bits per heavy atom. The normalized spacial score (nSPS) is 10.8. The summed E-state index contributed by atoms with van der Waals surface area (Å²) < 4.78 is 10.3. The fourth-order valence-electron chi connectivity index (χ4n) is 2.68. The largest absolute Gasteiger partial charge is 0.492 e. The maximum atomic E-state index is 7.09. The molecule has 21 heavy (non-hydrogen) atoms. The lowest BCUT2D eigenvalue weighted by molar-refractivity contribution is -0.674. The first-order valence-electron chi connectivity index (χ1n) is 7.31. The number of nitrogens with zero attached hydrogens (tertiary/aromatic N) is 2. The van der Waals surface area contributed by atoms with Gasteiger partial charge in [0, 0.05) is 13.0 Å². The Balaban J connectivity index is 2.22. The van der Waals surface area contributed by atoms with Gasteiger partial charge in [-0.3, -0.25) is 5.41 Å². The Morgan fingerprint density at radius 1 is 1.43 bits per heavy atom. The van der Waals surface area contributed by atoms with Crippen LogP contribution in [0.1, 0.15) is 19.7 Å². The van der Waals surface area contributed by atoms with Crippen LogP contribution in [0.4, 0.5) is 0 Å². The van der Waals surface area contributed by atoms with Crippen molar-refractivity contribution < 1.29 is 9.30 Å². The zero-order chi connectivity index (χ0) is 15.4. The van der Waals surface area contributed by atoms with Gasteiger partial charge in [0.2, 0.25) is 0 Å². The van der Waals surface area contributed by atoms with Crippen molar-refractivity contribution >= 4 is 17.0 Å². The fourth-order valence-corrected chi connectivity index (χ4v) is 2.68. The highest BCUT2D eigenvalue weighted by atomic mass is 16.5. The lowest BCUT2D eigenvalue weighted by Crippen LogP contribution is -2.35. The van der Waals surface area contributed by atoms with Crippen molar-refractivity contribution in [2.24, 2.45) is 5.73 Å². The second kappa shape index (κ2) is 6.47. The van der Waals surface area contributed by atoms with Crippen LogP contribution in [0.2, 0.25) is 0 Å². The number of imidazole rings is 1. The summed E-state index contributed by atoms with van der Waals surface area (Å²) in [4.78, 5) is 0. The van der Waals surface area contributed by atoms with Gasteiger partial charge in [0.05, 0.1) is 19.6 Å². The molecule has 2 rings (SSSR count). The molecule has 6 nitrogen and oxygen atoms in total. The van der Waals surface area contributed by atoms with E-state index in [4.69, 9.17) is 15.9 Å². The highest BCUT2D eigenvalue weighted by molar-refractivity contribution is 5.75. The van der Waals surface area contributed by atoms with E-state index in [-0.39, 0.29) is 5.96 Å². The molecular weight excluding hydrogens is 266 g/mol. The maximum Gasteiger partial charge on any atom is 0.254 e. The van der Waals surface area contributed by atoms with Crippen molar-refractivity contribution in [3.8, 4) is 5.75 Å². The van der Waals surface area contributed by atoms with E-state index in [1.54, 1.807) is 0 Å². The molecule has 1 aromatic carbocycles. The second-order valence-corrected chi connectivity index (χ2v) is 4.88. The number of fused-ring (bicyclic) bond motifs is 1. The van der Waals surface area contributed by atoms with Crippen molar-refractivity contribution in [3.63, 3.8) is 0 Å². The molecule has 0 fully saturated rings.